The molecule has 8 heavy (non-hydrogen) atoms. The molecule has 1 heteroatoms. The summed E-state index contributed by atoms with van der Waals surface area (Å²) in [5.41, 5.74) is 1.10. The van der Waals surface area contributed by atoms with Crippen LogP contribution in [0.25, 0.3) is 0 Å². The molecule has 0 saturated carbocycles. The molecule has 0 amide bonds. The molecule has 0 aliphatic rings. The fraction of sp³-hybridized carbons (Fsp3) is 0.571. The molecular weight excluding hydrogens is 98.1 g/mol. The van der Waals surface area contributed by atoms with E-state index in [1.54, 1.807) is 0 Å². The minimum Gasteiger partial charge on any atom is -0.293 e. The molecule has 0 radical (unpaired) electrons. The molecule has 0 atom stereocenters. The second-order valence-corrected chi connectivity index (χ2v) is 1.64. The molecule has 0 N–H and O–H groups in total. The standard InChI is InChI=1S/C7H13N/c1-4-7(3)6-8-5-2/h6H,3-5H2,1-2H3. The largest absolute Gasteiger partial charge is 0.293 e. The predicted molar refractivity (Wildman–Crippen MR) is 38.5 cm³/mol. The fourth-order valence-electron chi connectivity index (χ4n) is 0.312. The monoisotopic (exact) mass is 111 g/mol. The van der Waals surface area contributed by atoms with Gasteiger partial charge in [-0.2, -0.15) is 0 Å². The molecule has 0 aromatic heterocycles. The van der Waals surface area contributed by atoms with E-state index in [4.69, 9.17) is 0 Å². The molecule has 0 aliphatic heterocycles. The molecule has 0 saturated heterocycles. The van der Waals surface area contributed by atoms with Gasteiger partial charge in [0.05, 0.1) is 0 Å². The van der Waals surface area contributed by atoms with E-state index >= 15 is 0 Å². The van der Waals surface area contributed by atoms with Gasteiger partial charge < -0.3 is 0 Å². The predicted octanol–water partition coefficient (Wildman–Crippen LogP) is 2.04. The first-order valence-electron chi connectivity index (χ1n) is 2.98. The number of allylic oxidation sites excluding steroid dienone is 1. The van der Waals surface area contributed by atoms with Gasteiger partial charge in [0.2, 0.25) is 0 Å². The second kappa shape index (κ2) is 4.57. The highest BCUT2D eigenvalue weighted by Gasteiger charge is 1.78. The lowest BCUT2D eigenvalue weighted by Crippen LogP contribution is -1.79. The number of hydrogen-bond acceptors (Lipinski definition) is 1. The third-order valence-corrected chi connectivity index (χ3v) is 0.911. The number of nitrogens with zero attached hydrogens (tertiary/aromatic N) is 1. The van der Waals surface area contributed by atoms with Crippen LogP contribution in [0.4, 0.5) is 0 Å². The van der Waals surface area contributed by atoms with E-state index in [9.17, 15) is 0 Å². The normalized spacial score (nSPS) is 10.2. The van der Waals surface area contributed by atoms with E-state index in [1.165, 1.54) is 0 Å². The highest BCUT2D eigenvalue weighted by atomic mass is 14.7. The number of hydrogen-bond donors (Lipinski definition) is 0. The first-order valence-corrected chi connectivity index (χ1v) is 2.98. The van der Waals surface area contributed by atoms with Gasteiger partial charge in [0.25, 0.3) is 0 Å². The van der Waals surface area contributed by atoms with Crippen molar-refractivity contribution in [2.75, 3.05) is 6.54 Å². The Kier molecular flexibility index (Phi) is 4.23. The summed E-state index contributed by atoms with van der Waals surface area (Å²) in [6.45, 7) is 8.71. The quantitative estimate of drug-likeness (QED) is 0.494. The Hall–Kier alpha value is -0.590. The topological polar surface area (TPSA) is 12.4 Å². The van der Waals surface area contributed by atoms with Crippen LogP contribution in [0, 0.1) is 0 Å². The van der Waals surface area contributed by atoms with Crippen LogP contribution in [-0.4, -0.2) is 12.8 Å². The maximum absolute atomic E-state index is 4.02. The summed E-state index contributed by atoms with van der Waals surface area (Å²) in [4.78, 5) is 4.02. The first kappa shape index (κ1) is 7.41. The zero-order valence-corrected chi connectivity index (χ0v) is 5.65. The van der Waals surface area contributed by atoms with Gasteiger partial charge >= 0.3 is 0 Å². The van der Waals surface area contributed by atoms with E-state index in [2.05, 4.69) is 18.5 Å². The Balaban J connectivity index is 3.37. The van der Waals surface area contributed by atoms with Gasteiger partial charge in [0.1, 0.15) is 0 Å². The molecule has 0 heterocycles. The molecule has 0 aromatic rings. The maximum Gasteiger partial charge on any atom is 0.0361 e. The van der Waals surface area contributed by atoms with Crippen LogP contribution < -0.4 is 0 Å². The molecule has 46 valence electrons. The summed E-state index contributed by atoms with van der Waals surface area (Å²) in [5.74, 6) is 0. The van der Waals surface area contributed by atoms with E-state index in [0.29, 0.717) is 0 Å². The van der Waals surface area contributed by atoms with E-state index in [-0.39, 0.29) is 0 Å². The Morgan fingerprint density at radius 1 is 1.62 bits per heavy atom. The van der Waals surface area contributed by atoms with Gasteiger partial charge in [0, 0.05) is 12.8 Å². The lowest BCUT2D eigenvalue weighted by Gasteiger charge is -1.87. The smallest absolute Gasteiger partial charge is 0.0361 e. The van der Waals surface area contributed by atoms with Crippen molar-refractivity contribution in [3.63, 3.8) is 0 Å². The lowest BCUT2D eigenvalue weighted by molar-refractivity contribution is 1.12. The average Bonchev–Trinajstić information content (AvgIpc) is 1.83. The van der Waals surface area contributed by atoms with Crippen molar-refractivity contribution in [1.29, 1.82) is 0 Å². The summed E-state index contributed by atoms with van der Waals surface area (Å²) in [7, 11) is 0. The van der Waals surface area contributed by atoms with Gasteiger partial charge in [0.15, 0.2) is 0 Å². The minimum atomic E-state index is 0.860. The van der Waals surface area contributed by atoms with Crippen molar-refractivity contribution in [2.24, 2.45) is 4.99 Å². The van der Waals surface area contributed by atoms with Crippen LogP contribution in [0.3, 0.4) is 0 Å². The van der Waals surface area contributed by atoms with Crippen molar-refractivity contribution >= 4 is 6.21 Å². The fourth-order valence-corrected chi connectivity index (χ4v) is 0.312. The molecule has 0 unspecified atom stereocenters. The van der Waals surface area contributed by atoms with Crippen LogP contribution in [0.1, 0.15) is 20.3 Å². The van der Waals surface area contributed by atoms with E-state index in [0.717, 1.165) is 18.5 Å². The van der Waals surface area contributed by atoms with Crippen LogP contribution >= 0.6 is 0 Å². The summed E-state index contributed by atoms with van der Waals surface area (Å²) in [6, 6.07) is 0. The zero-order valence-electron chi connectivity index (χ0n) is 5.65. The molecule has 0 bridgehead atoms. The highest BCUT2D eigenvalue weighted by Crippen LogP contribution is 1.89. The first-order chi connectivity index (χ1) is 3.81. The van der Waals surface area contributed by atoms with Gasteiger partial charge in [-0.05, 0) is 18.9 Å². The second-order valence-electron chi connectivity index (χ2n) is 1.64. The highest BCUT2D eigenvalue weighted by molar-refractivity contribution is 5.77. The molecule has 0 aromatic carbocycles. The van der Waals surface area contributed by atoms with Gasteiger partial charge in [-0.25, -0.2) is 0 Å². The van der Waals surface area contributed by atoms with Crippen LogP contribution in [0.2, 0.25) is 0 Å². The van der Waals surface area contributed by atoms with Crippen molar-refractivity contribution < 1.29 is 0 Å². The molecule has 0 aliphatic carbocycles. The molecular formula is C7H13N. The Morgan fingerprint density at radius 3 is 2.62 bits per heavy atom. The number of rotatable bonds is 3. The third kappa shape index (κ3) is 3.59. The van der Waals surface area contributed by atoms with Crippen LogP contribution in [-0.2, 0) is 0 Å². The molecule has 0 fully saturated rings. The Bertz CT molecular complexity index is 92.6. The van der Waals surface area contributed by atoms with Gasteiger partial charge in [-0.15, -0.1) is 0 Å². The molecule has 0 spiro atoms. The summed E-state index contributed by atoms with van der Waals surface area (Å²) in [6.07, 6.45) is 2.84. The Labute approximate surface area is 51.1 Å². The van der Waals surface area contributed by atoms with Gasteiger partial charge in [-0.1, -0.05) is 13.5 Å². The summed E-state index contributed by atoms with van der Waals surface area (Å²) in [5, 5.41) is 0. The zero-order chi connectivity index (χ0) is 6.41. The minimum absolute atomic E-state index is 0.860. The van der Waals surface area contributed by atoms with E-state index < -0.39 is 0 Å². The Morgan fingerprint density at radius 2 is 2.25 bits per heavy atom. The SMILES string of the molecule is C=C(C=NCC)CC. The maximum atomic E-state index is 4.02. The van der Waals surface area contributed by atoms with Gasteiger partial charge in [-0.3, -0.25) is 4.99 Å². The van der Waals surface area contributed by atoms with E-state index in [1.807, 2.05) is 13.1 Å². The van der Waals surface area contributed by atoms with Crippen LogP contribution in [0.5, 0.6) is 0 Å². The van der Waals surface area contributed by atoms with Crippen molar-refractivity contribution in [1.82, 2.24) is 0 Å². The molecule has 0 rings (SSSR count). The third-order valence-electron chi connectivity index (χ3n) is 0.911. The average molecular weight is 111 g/mol. The van der Waals surface area contributed by atoms with Crippen LogP contribution in [0.15, 0.2) is 17.1 Å². The lowest BCUT2D eigenvalue weighted by atomic mass is 10.3. The molecule has 1 nitrogen and oxygen atoms in total. The van der Waals surface area contributed by atoms with Crippen molar-refractivity contribution in [2.45, 2.75) is 20.3 Å². The number of aliphatic imine (C=N–C) groups is 1. The van der Waals surface area contributed by atoms with Crippen molar-refractivity contribution in [3.8, 4) is 0 Å². The summed E-state index contributed by atoms with van der Waals surface area (Å²) < 4.78 is 0. The van der Waals surface area contributed by atoms with Crippen molar-refractivity contribution in [3.05, 3.63) is 12.2 Å². The summed E-state index contributed by atoms with van der Waals surface area (Å²) >= 11 is 0.